The monoisotopic (exact) mass is 490 g/mol. The van der Waals surface area contributed by atoms with E-state index in [-0.39, 0.29) is 0 Å². The number of hydrogen-bond acceptors (Lipinski definition) is 6. The zero-order valence-electron chi connectivity index (χ0n) is 20.1. The minimum absolute atomic E-state index is 0.301. The number of aromatic nitrogens is 1. The van der Waals surface area contributed by atoms with Crippen LogP contribution in [0.2, 0.25) is 0 Å². The normalized spacial score (nSPS) is 20.7. The maximum Gasteiger partial charge on any atom is 0.222 e. The highest BCUT2D eigenvalue weighted by Crippen LogP contribution is 2.29. The van der Waals surface area contributed by atoms with Crippen molar-refractivity contribution in [3.8, 4) is 0 Å². The molecule has 184 valence electrons. The lowest BCUT2D eigenvalue weighted by atomic mass is 9.81. The van der Waals surface area contributed by atoms with E-state index in [0.717, 1.165) is 69.3 Å². The van der Waals surface area contributed by atoms with E-state index in [2.05, 4.69) is 74.9 Å². The topological polar surface area (TPSA) is 61.6 Å². The Bertz CT molecular complexity index is 1070. The van der Waals surface area contributed by atoms with Crippen molar-refractivity contribution in [2.45, 2.75) is 29.9 Å². The average molecular weight is 491 g/mol. The second kappa shape index (κ2) is 11.8. The second-order valence-electron chi connectivity index (χ2n) is 9.51. The van der Waals surface area contributed by atoms with Gasteiger partial charge in [0.15, 0.2) is 0 Å². The molecule has 2 aliphatic heterocycles. The molecule has 1 N–H and O–H groups in total. The first-order chi connectivity index (χ1) is 17.2. The van der Waals surface area contributed by atoms with E-state index in [1.165, 1.54) is 10.6 Å². The molecule has 2 saturated heterocycles. The molecule has 3 aromatic rings. The van der Waals surface area contributed by atoms with Gasteiger partial charge in [-0.05, 0) is 62.0 Å². The third-order valence-electron chi connectivity index (χ3n) is 7.16. The molecule has 0 radical (unpaired) electrons. The molecule has 1 aromatic heterocycles. The number of benzene rings is 2. The number of anilines is 1. The van der Waals surface area contributed by atoms with Crippen LogP contribution >= 0.6 is 11.8 Å². The van der Waals surface area contributed by atoms with Crippen molar-refractivity contribution >= 4 is 23.4 Å². The lowest BCUT2D eigenvalue weighted by molar-refractivity contribution is -0.133. The standard InChI is InChI=1S/C28H34N4O2S/c33-28(32-15-13-31(14-16-32)25-7-3-1-4-8-25)18-22-11-12-29-20-23(22)17-24-19-26(34-30-24)21-35-27-9-5-2-6-10-27/h1-10,19,22-23,29H,11-18,20-21H2/t22-,23-/m0/s1. The van der Waals surface area contributed by atoms with E-state index in [9.17, 15) is 4.79 Å². The second-order valence-corrected chi connectivity index (χ2v) is 10.6. The number of para-hydroxylation sites is 1. The van der Waals surface area contributed by atoms with Crippen molar-refractivity contribution < 1.29 is 9.32 Å². The van der Waals surface area contributed by atoms with Gasteiger partial charge < -0.3 is 19.6 Å². The van der Waals surface area contributed by atoms with Gasteiger partial charge in [-0.3, -0.25) is 4.79 Å². The minimum Gasteiger partial charge on any atom is -0.368 e. The first kappa shape index (κ1) is 23.9. The summed E-state index contributed by atoms with van der Waals surface area (Å²) in [6.45, 7) is 5.31. The van der Waals surface area contributed by atoms with Crippen LogP contribution in [0.4, 0.5) is 5.69 Å². The number of rotatable bonds is 8. The van der Waals surface area contributed by atoms with Gasteiger partial charge in [0.25, 0.3) is 0 Å². The molecule has 3 heterocycles. The third-order valence-corrected chi connectivity index (χ3v) is 8.19. The van der Waals surface area contributed by atoms with E-state index in [4.69, 9.17) is 4.52 Å². The number of amides is 1. The van der Waals surface area contributed by atoms with Crippen LogP contribution in [0.1, 0.15) is 24.3 Å². The predicted octanol–water partition coefficient (Wildman–Crippen LogP) is 4.47. The first-order valence-corrected chi connectivity index (χ1v) is 13.6. The number of carbonyl (C=O) groups is 1. The highest BCUT2D eigenvalue weighted by molar-refractivity contribution is 7.98. The Hall–Kier alpha value is -2.77. The molecule has 0 spiro atoms. The number of thioether (sulfide) groups is 1. The molecule has 0 unspecified atom stereocenters. The fraction of sp³-hybridized carbons (Fsp3) is 0.429. The molecular formula is C28H34N4O2S. The Morgan fingerprint density at radius 2 is 1.74 bits per heavy atom. The Balaban J connectivity index is 1.12. The summed E-state index contributed by atoms with van der Waals surface area (Å²) >= 11 is 1.76. The molecule has 2 aliphatic rings. The van der Waals surface area contributed by atoms with Crippen molar-refractivity contribution in [3.63, 3.8) is 0 Å². The predicted molar refractivity (Wildman–Crippen MR) is 141 cm³/mol. The highest BCUT2D eigenvalue weighted by atomic mass is 32.2. The maximum absolute atomic E-state index is 13.2. The number of piperidine rings is 1. The quantitative estimate of drug-likeness (QED) is 0.470. The lowest BCUT2D eigenvalue weighted by Gasteiger charge is -2.38. The van der Waals surface area contributed by atoms with Crippen LogP contribution in [0, 0.1) is 11.8 Å². The van der Waals surface area contributed by atoms with Gasteiger partial charge in [-0.25, -0.2) is 0 Å². The van der Waals surface area contributed by atoms with Crippen LogP contribution in [-0.2, 0) is 17.0 Å². The molecule has 0 aliphatic carbocycles. The third kappa shape index (κ3) is 6.47. The van der Waals surface area contributed by atoms with Gasteiger partial charge in [0.1, 0.15) is 5.76 Å². The van der Waals surface area contributed by atoms with Gasteiger partial charge in [0.05, 0.1) is 11.4 Å². The number of hydrogen-bond donors (Lipinski definition) is 1. The van der Waals surface area contributed by atoms with Crippen LogP contribution in [0.15, 0.2) is 76.1 Å². The Labute approximate surface area is 212 Å². The van der Waals surface area contributed by atoms with Crippen LogP contribution in [0.3, 0.4) is 0 Å². The van der Waals surface area contributed by atoms with Crippen molar-refractivity contribution in [3.05, 3.63) is 78.2 Å². The Morgan fingerprint density at radius 3 is 2.51 bits per heavy atom. The van der Waals surface area contributed by atoms with Gasteiger partial charge in [-0.1, -0.05) is 41.6 Å². The summed E-state index contributed by atoms with van der Waals surface area (Å²) in [5.74, 6) is 2.76. The van der Waals surface area contributed by atoms with Crippen LogP contribution in [0.5, 0.6) is 0 Å². The average Bonchev–Trinajstić information content (AvgIpc) is 3.37. The minimum atomic E-state index is 0.301. The summed E-state index contributed by atoms with van der Waals surface area (Å²) < 4.78 is 5.61. The molecule has 7 heteroatoms. The molecule has 6 nitrogen and oxygen atoms in total. The van der Waals surface area contributed by atoms with Crippen LogP contribution in [-0.4, -0.2) is 55.2 Å². The highest BCUT2D eigenvalue weighted by Gasteiger charge is 2.30. The summed E-state index contributed by atoms with van der Waals surface area (Å²) in [5.41, 5.74) is 2.24. The van der Waals surface area contributed by atoms with Crippen LogP contribution < -0.4 is 10.2 Å². The Kier molecular flexibility index (Phi) is 8.06. The van der Waals surface area contributed by atoms with Gasteiger partial charge in [-0.2, -0.15) is 0 Å². The summed E-state index contributed by atoms with van der Waals surface area (Å²) in [6.07, 6.45) is 2.52. The van der Waals surface area contributed by atoms with Crippen molar-refractivity contribution in [1.82, 2.24) is 15.4 Å². The summed E-state index contributed by atoms with van der Waals surface area (Å²) in [5, 5.41) is 7.87. The molecule has 2 aromatic carbocycles. The van der Waals surface area contributed by atoms with E-state index in [1.807, 2.05) is 12.1 Å². The number of nitrogens with zero attached hydrogens (tertiary/aromatic N) is 3. The molecule has 0 bridgehead atoms. The van der Waals surface area contributed by atoms with Gasteiger partial charge >= 0.3 is 0 Å². The smallest absolute Gasteiger partial charge is 0.222 e. The fourth-order valence-electron chi connectivity index (χ4n) is 5.15. The molecule has 35 heavy (non-hydrogen) atoms. The zero-order chi connectivity index (χ0) is 23.9. The summed E-state index contributed by atoms with van der Waals surface area (Å²) in [4.78, 5) is 18.8. The largest absolute Gasteiger partial charge is 0.368 e. The molecule has 5 rings (SSSR count). The van der Waals surface area contributed by atoms with Crippen LogP contribution in [0.25, 0.3) is 0 Å². The summed E-state index contributed by atoms with van der Waals surface area (Å²) in [7, 11) is 0. The molecule has 0 saturated carbocycles. The van der Waals surface area contributed by atoms with Crippen molar-refractivity contribution in [1.29, 1.82) is 0 Å². The van der Waals surface area contributed by atoms with E-state index in [1.54, 1.807) is 11.8 Å². The molecule has 1 amide bonds. The molecule has 2 fully saturated rings. The van der Waals surface area contributed by atoms with Crippen molar-refractivity contribution in [2.75, 3.05) is 44.2 Å². The first-order valence-electron chi connectivity index (χ1n) is 12.7. The van der Waals surface area contributed by atoms with E-state index in [0.29, 0.717) is 24.2 Å². The molecular weight excluding hydrogens is 456 g/mol. The maximum atomic E-state index is 13.2. The van der Waals surface area contributed by atoms with E-state index < -0.39 is 0 Å². The van der Waals surface area contributed by atoms with Gasteiger partial charge in [-0.15, -0.1) is 11.8 Å². The zero-order valence-corrected chi connectivity index (χ0v) is 21.0. The number of nitrogens with one attached hydrogen (secondary N) is 1. The van der Waals surface area contributed by atoms with Crippen molar-refractivity contribution in [2.24, 2.45) is 11.8 Å². The van der Waals surface area contributed by atoms with Gasteiger partial charge in [0, 0.05) is 49.2 Å². The SMILES string of the molecule is O=C(C[C@@H]1CCNC[C@@H]1Cc1cc(CSc2ccccc2)on1)N1CCN(c2ccccc2)CC1. The summed E-state index contributed by atoms with van der Waals surface area (Å²) in [6, 6.07) is 22.9. The van der Waals surface area contributed by atoms with Gasteiger partial charge in [0.2, 0.25) is 5.91 Å². The van der Waals surface area contributed by atoms with E-state index >= 15 is 0 Å². The Morgan fingerprint density at radius 1 is 1.00 bits per heavy atom. The molecule has 2 atom stereocenters. The lowest BCUT2D eigenvalue weighted by Crippen LogP contribution is -2.50. The number of piperazine rings is 1. The number of carbonyl (C=O) groups excluding carboxylic acids is 1. The fourth-order valence-corrected chi connectivity index (χ4v) is 5.95.